The van der Waals surface area contributed by atoms with Crippen molar-refractivity contribution in [3.63, 3.8) is 0 Å². The lowest BCUT2D eigenvalue weighted by molar-refractivity contribution is 0.00398. The second-order valence-electron chi connectivity index (χ2n) is 8.34. The average Bonchev–Trinajstić information content (AvgIpc) is 3.21. The fourth-order valence-electron chi connectivity index (χ4n) is 4.20. The van der Waals surface area contributed by atoms with Gasteiger partial charge in [0.25, 0.3) is 0 Å². The lowest BCUT2D eigenvalue weighted by Gasteiger charge is -2.28. The second kappa shape index (κ2) is 8.22. The third kappa shape index (κ3) is 3.87. The van der Waals surface area contributed by atoms with Crippen molar-refractivity contribution in [3.8, 4) is 11.3 Å². The molecule has 5 rings (SSSR count). The van der Waals surface area contributed by atoms with E-state index >= 15 is 0 Å². The zero-order valence-corrected chi connectivity index (χ0v) is 18.9. The molecule has 1 aliphatic rings. The van der Waals surface area contributed by atoms with E-state index in [0.29, 0.717) is 34.4 Å². The molecule has 0 radical (unpaired) electrons. The average molecular weight is 452 g/mol. The second-order valence-corrected chi connectivity index (χ2v) is 8.78. The summed E-state index contributed by atoms with van der Waals surface area (Å²) in [5, 5.41) is 5.34. The molecule has 32 heavy (non-hydrogen) atoms. The normalized spacial score (nSPS) is 18.9. The van der Waals surface area contributed by atoms with Gasteiger partial charge in [-0.05, 0) is 56.5 Å². The summed E-state index contributed by atoms with van der Waals surface area (Å²) in [5.41, 5.74) is 4.44. The fourth-order valence-corrected chi connectivity index (χ4v) is 4.36. The van der Waals surface area contributed by atoms with Crippen LogP contribution in [0.3, 0.4) is 0 Å². The van der Waals surface area contributed by atoms with Gasteiger partial charge in [0.15, 0.2) is 5.65 Å². The molecule has 6 nitrogen and oxygen atoms in total. The Bertz CT molecular complexity index is 1320. The van der Waals surface area contributed by atoms with Crippen molar-refractivity contribution in [1.82, 2.24) is 24.7 Å². The van der Waals surface area contributed by atoms with E-state index in [-0.39, 0.29) is 12.0 Å². The van der Waals surface area contributed by atoms with E-state index in [1.165, 1.54) is 6.07 Å². The van der Waals surface area contributed by atoms with Gasteiger partial charge in [0.1, 0.15) is 11.6 Å². The van der Waals surface area contributed by atoms with Crippen molar-refractivity contribution in [3.05, 3.63) is 70.1 Å². The largest absolute Gasteiger partial charge is 0.373 e. The number of benzene rings is 1. The van der Waals surface area contributed by atoms with Gasteiger partial charge >= 0.3 is 0 Å². The third-order valence-electron chi connectivity index (χ3n) is 6.08. The number of fused-ring (bicyclic) bond motifs is 1. The predicted molar refractivity (Wildman–Crippen MR) is 121 cm³/mol. The molecule has 2 atom stereocenters. The molecule has 4 aromatic rings. The van der Waals surface area contributed by atoms with Crippen LogP contribution in [-0.4, -0.2) is 31.3 Å². The third-order valence-corrected chi connectivity index (χ3v) is 6.32. The number of nitrogens with zero attached hydrogens (tertiary/aromatic N) is 5. The number of halogens is 2. The molecule has 0 bridgehead atoms. The maximum Gasteiger partial charge on any atom is 0.163 e. The Hall–Kier alpha value is -2.90. The van der Waals surface area contributed by atoms with Crippen LogP contribution in [0.25, 0.3) is 22.3 Å². The zero-order valence-electron chi connectivity index (χ0n) is 18.1. The molecule has 0 saturated carbocycles. The van der Waals surface area contributed by atoms with Gasteiger partial charge in [-0.3, -0.25) is 4.68 Å². The molecule has 0 aliphatic carbocycles. The number of pyridine rings is 1. The quantitative estimate of drug-likeness (QED) is 0.413. The lowest BCUT2D eigenvalue weighted by Crippen LogP contribution is -2.20. The predicted octanol–water partition coefficient (Wildman–Crippen LogP) is 5.47. The molecule has 1 fully saturated rings. The van der Waals surface area contributed by atoms with Crippen molar-refractivity contribution >= 4 is 22.6 Å². The van der Waals surface area contributed by atoms with Gasteiger partial charge < -0.3 is 4.74 Å². The maximum absolute atomic E-state index is 14.9. The van der Waals surface area contributed by atoms with E-state index < -0.39 is 5.82 Å². The molecule has 164 valence electrons. The summed E-state index contributed by atoms with van der Waals surface area (Å²) in [6.07, 6.45) is 5.23. The van der Waals surface area contributed by atoms with E-state index in [2.05, 4.69) is 5.10 Å². The first-order valence-corrected chi connectivity index (χ1v) is 11.0. The van der Waals surface area contributed by atoms with Gasteiger partial charge in [0, 0.05) is 53.0 Å². The standard InChI is InChI=1S/C24H23ClFN5O/c1-13-8-19-22(18-5-4-17(25)10-20(18)26)29-23(30-24(19)28-14(13)2)15-6-7-32-21(9-15)16-11-27-31(3)12-16/h4-5,8,10-12,15,21H,6-7,9H2,1-3H3/t15-,21-/m0/s1. The number of hydrogen-bond donors (Lipinski definition) is 0. The van der Waals surface area contributed by atoms with Gasteiger partial charge in [-0.25, -0.2) is 19.3 Å². The molecule has 3 aromatic heterocycles. The van der Waals surface area contributed by atoms with Crippen LogP contribution in [0.15, 0.2) is 36.7 Å². The summed E-state index contributed by atoms with van der Waals surface area (Å²) in [5.74, 6) is 0.313. The Kier molecular flexibility index (Phi) is 5.39. The molecule has 0 unspecified atom stereocenters. The zero-order chi connectivity index (χ0) is 22.4. The number of aryl methyl sites for hydroxylation is 3. The highest BCUT2D eigenvalue weighted by atomic mass is 35.5. The molecular weight excluding hydrogens is 429 g/mol. The van der Waals surface area contributed by atoms with Crippen LogP contribution >= 0.6 is 11.6 Å². The molecular formula is C24H23ClFN5O. The molecule has 0 amide bonds. The molecule has 1 aliphatic heterocycles. The Balaban J connectivity index is 1.62. The minimum atomic E-state index is -0.415. The SMILES string of the molecule is Cc1cc2c(-c3ccc(Cl)cc3F)nc([C@H]3CCO[C@H](c4cnn(C)c4)C3)nc2nc1C. The number of aromatic nitrogens is 5. The summed E-state index contributed by atoms with van der Waals surface area (Å²) in [7, 11) is 1.89. The van der Waals surface area contributed by atoms with Crippen LogP contribution in [-0.2, 0) is 11.8 Å². The van der Waals surface area contributed by atoms with Gasteiger partial charge in [0.05, 0.1) is 18.0 Å². The topological polar surface area (TPSA) is 65.7 Å². The van der Waals surface area contributed by atoms with E-state index in [1.54, 1.807) is 16.8 Å². The maximum atomic E-state index is 14.9. The molecule has 8 heteroatoms. The monoisotopic (exact) mass is 451 g/mol. The van der Waals surface area contributed by atoms with Crippen LogP contribution in [0.2, 0.25) is 5.02 Å². The summed E-state index contributed by atoms with van der Waals surface area (Å²) in [4.78, 5) is 14.4. The highest BCUT2D eigenvalue weighted by molar-refractivity contribution is 6.30. The number of rotatable bonds is 3. The van der Waals surface area contributed by atoms with Crippen molar-refractivity contribution < 1.29 is 9.13 Å². The Morgan fingerprint density at radius 1 is 1.16 bits per heavy atom. The van der Waals surface area contributed by atoms with E-state index in [0.717, 1.165) is 35.0 Å². The summed E-state index contributed by atoms with van der Waals surface area (Å²) >= 11 is 5.99. The van der Waals surface area contributed by atoms with Gasteiger partial charge in [-0.1, -0.05) is 11.6 Å². The van der Waals surface area contributed by atoms with Crippen LogP contribution in [0.1, 0.15) is 47.5 Å². The first-order chi connectivity index (χ1) is 15.4. The summed E-state index contributed by atoms with van der Waals surface area (Å²) in [6.45, 7) is 4.53. The van der Waals surface area contributed by atoms with Crippen molar-refractivity contribution in [2.24, 2.45) is 7.05 Å². The van der Waals surface area contributed by atoms with Crippen LogP contribution in [0, 0.1) is 19.7 Å². The fraction of sp³-hybridized carbons (Fsp3) is 0.333. The highest BCUT2D eigenvalue weighted by Gasteiger charge is 2.29. The Morgan fingerprint density at radius 2 is 2.00 bits per heavy atom. The lowest BCUT2D eigenvalue weighted by atomic mass is 9.92. The Labute approximate surface area is 190 Å². The Morgan fingerprint density at radius 3 is 2.75 bits per heavy atom. The first kappa shape index (κ1) is 21.0. The van der Waals surface area contributed by atoms with Gasteiger partial charge in [-0.15, -0.1) is 0 Å². The summed E-state index contributed by atoms with van der Waals surface area (Å²) in [6, 6.07) is 6.63. The van der Waals surface area contributed by atoms with E-state index in [1.807, 2.05) is 39.4 Å². The van der Waals surface area contributed by atoms with Gasteiger partial charge in [0.2, 0.25) is 0 Å². The van der Waals surface area contributed by atoms with Gasteiger partial charge in [-0.2, -0.15) is 5.10 Å². The molecule has 1 saturated heterocycles. The number of ether oxygens (including phenoxy) is 1. The number of hydrogen-bond acceptors (Lipinski definition) is 5. The van der Waals surface area contributed by atoms with Crippen molar-refractivity contribution in [2.45, 2.75) is 38.7 Å². The molecule has 1 aromatic carbocycles. The summed E-state index contributed by atoms with van der Waals surface area (Å²) < 4.78 is 22.7. The first-order valence-electron chi connectivity index (χ1n) is 10.6. The van der Waals surface area contributed by atoms with Crippen molar-refractivity contribution in [1.29, 1.82) is 0 Å². The van der Waals surface area contributed by atoms with Crippen LogP contribution in [0.5, 0.6) is 0 Å². The molecule has 0 N–H and O–H groups in total. The molecule has 0 spiro atoms. The van der Waals surface area contributed by atoms with Crippen molar-refractivity contribution in [2.75, 3.05) is 6.61 Å². The van der Waals surface area contributed by atoms with E-state index in [4.69, 9.17) is 31.3 Å². The van der Waals surface area contributed by atoms with Crippen LogP contribution in [0.4, 0.5) is 4.39 Å². The van der Waals surface area contributed by atoms with E-state index in [9.17, 15) is 4.39 Å². The minimum absolute atomic E-state index is 0.0656. The van der Waals surface area contributed by atoms with Crippen LogP contribution < -0.4 is 0 Å². The molecule has 4 heterocycles. The minimum Gasteiger partial charge on any atom is -0.373 e. The highest BCUT2D eigenvalue weighted by Crippen LogP contribution is 2.38. The smallest absolute Gasteiger partial charge is 0.163 e.